The average molecular weight is 364 g/mol. The van der Waals surface area contributed by atoms with Gasteiger partial charge in [0.05, 0.1) is 12.1 Å². The van der Waals surface area contributed by atoms with Crippen molar-refractivity contribution in [2.45, 2.75) is 26.2 Å². The number of halogens is 1. The van der Waals surface area contributed by atoms with Crippen molar-refractivity contribution in [2.75, 3.05) is 18.0 Å². The zero-order valence-corrected chi connectivity index (χ0v) is 14.0. The van der Waals surface area contributed by atoms with Crippen LogP contribution in [0, 0.1) is 5.92 Å². The SMILES string of the molecule is CC1CCN(C2=NC(=O)N(c3ccc(Br)cc3)C(=O)C2)CC1. The van der Waals surface area contributed by atoms with Crippen molar-refractivity contribution in [1.82, 2.24) is 4.90 Å². The molecule has 2 aliphatic heterocycles. The standard InChI is InChI=1S/C16H18BrN3O2/c1-11-6-8-19(9-7-11)14-10-15(21)20(16(22)18-14)13-4-2-12(17)3-5-13/h2-5,11H,6-10H2,1H3. The van der Waals surface area contributed by atoms with Crippen LogP contribution in [0.3, 0.4) is 0 Å². The predicted octanol–water partition coefficient (Wildman–Crippen LogP) is 3.44. The van der Waals surface area contributed by atoms with Crippen molar-refractivity contribution < 1.29 is 9.59 Å². The molecule has 0 N–H and O–H groups in total. The summed E-state index contributed by atoms with van der Waals surface area (Å²) in [5.41, 5.74) is 0.563. The van der Waals surface area contributed by atoms with E-state index in [1.165, 1.54) is 0 Å². The molecule has 0 unspecified atom stereocenters. The number of urea groups is 1. The van der Waals surface area contributed by atoms with Crippen LogP contribution in [-0.4, -0.2) is 35.8 Å². The van der Waals surface area contributed by atoms with Gasteiger partial charge in [0, 0.05) is 17.6 Å². The third-order valence-corrected chi connectivity index (χ3v) is 4.74. The average Bonchev–Trinajstić information content (AvgIpc) is 2.49. The third kappa shape index (κ3) is 3.06. The highest BCUT2D eigenvalue weighted by Gasteiger charge is 2.32. The first-order valence-corrected chi connectivity index (χ1v) is 8.29. The second kappa shape index (κ2) is 6.20. The molecule has 1 fully saturated rings. The molecule has 0 aromatic heterocycles. The van der Waals surface area contributed by atoms with E-state index in [0.717, 1.165) is 35.3 Å². The van der Waals surface area contributed by atoms with E-state index in [-0.39, 0.29) is 12.3 Å². The van der Waals surface area contributed by atoms with E-state index in [2.05, 4.69) is 32.7 Å². The number of nitrogens with zero attached hydrogens (tertiary/aromatic N) is 3. The molecular formula is C16H18BrN3O2. The Morgan fingerprint density at radius 2 is 1.77 bits per heavy atom. The fraction of sp³-hybridized carbons (Fsp3) is 0.438. The molecule has 0 radical (unpaired) electrons. The maximum absolute atomic E-state index is 12.4. The highest BCUT2D eigenvalue weighted by Crippen LogP contribution is 2.24. The van der Waals surface area contributed by atoms with Crippen LogP contribution in [0.15, 0.2) is 33.7 Å². The molecule has 2 aliphatic rings. The third-order valence-electron chi connectivity index (χ3n) is 4.21. The maximum Gasteiger partial charge on any atom is 0.356 e. The minimum absolute atomic E-state index is 0.191. The quantitative estimate of drug-likeness (QED) is 0.767. The molecule has 5 nitrogen and oxygen atoms in total. The molecule has 0 aliphatic carbocycles. The summed E-state index contributed by atoms with van der Waals surface area (Å²) >= 11 is 3.34. The van der Waals surface area contributed by atoms with Gasteiger partial charge in [-0.2, -0.15) is 4.99 Å². The molecule has 0 atom stereocenters. The van der Waals surface area contributed by atoms with Gasteiger partial charge in [0.1, 0.15) is 5.84 Å². The van der Waals surface area contributed by atoms with E-state index in [1.54, 1.807) is 24.3 Å². The number of carbonyl (C=O) groups is 2. The predicted molar refractivity (Wildman–Crippen MR) is 89.0 cm³/mol. The van der Waals surface area contributed by atoms with Crippen LogP contribution in [0.5, 0.6) is 0 Å². The lowest BCUT2D eigenvalue weighted by molar-refractivity contribution is -0.117. The van der Waals surface area contributed by atoms with E-state index in [0.29, 0.717) is 17.4 Å². The minimum atomic E-state index is -0.493. The number of imide groups is 1. The molecule has 3 rings (SSSR count). The summed E-state index contributed by atoms with van der Waals surface area (Å²) < 4.78 is 0.903. The van der Waals surface area contributed by atoms with E-state index in [1.807, 2.05) is 0 Å². The number of hydrogen-bond donors (Lipinski definition) is 0. The summed E-state index contributed by atoms with van der Waals surface area (Å²) in [6.45, 7) is 3.98. The zero-order valence-electron chi connectivity index (χ0n) is 12.5. The number of amidine groups is 1. The van der Waals surface area contributed by atoms with E-state index >= 15 is 0 Å². The van der Waals surface area contributed by atoms with Gasteiger partial charge in [-0.3, -0.25) is 4.79 Å². The number of anilines is 1. The number of likely N-dealkylation sites (tertiary alicyclic amines) is 1. The summed E-state index contributed by atoms with van der Waals surface area (Å²) in [7, 11) is 0. The summed E-state index contributed by atoms with van der Waals surface area (Å²) in [6.07, 6.45) is 2.35. The number of carbonyl (C=O) groups excluding carboxylic acids is 2. The largest absolute Gasteiger partial charge is 0.359 e. The lowest BCUT2D eigenvalue weighted by atomic mass is 9.99. The van der Waals surface area contributed by atoms with Crippen LogP contribution >= 0.6 is 15.9 Å². The van der Waals surface area contributed by atoms with Crippen LogP contribution in [0.4, 0.5) is 10.5 Å². The number of hydrogen-bond acceptors (Lipinski definition) is 3. The van der Waals surface area contributed by atoms with Gasteiger partial charge in [0.25, 0.3) is 0 Å². The molecule has 0 spiro atoms. The number of piperidine rings is 1. The van der Waals surface area contributed by atoms with Crippen LogP contribution in [0.25, 0.3) is 0 Å². The number of aliphatic imine (C=N–C) groups is 1. The van der Waals surface area contributed by atoms with Crippen molar-refractivity contribution in [2.24, 2.45) is 10.9 Å². The molecule has 22 heavy (non-hydrogen) atoms. The maximum atomic E-state index is 12.4. The van der Waals surface area contributed by atoms with Crippen molar-refractivity contribution >= 4 is 39.4 Å². The summed E-state index contributed by atoms with van der Waals surface area (Å²) in [6, 6.07) is 6.60. The highest BCUT2D eigenvalue weighted by molar-refractivity contribution is 9.10. The van der Waals surface area contributed by atoms with Gasteiger partial charge < -0.3 is 4.90 Å². The van der Waals surface area contributed by atoms with Gasteiger partial charge in [-0.05, 0) is 43.0 Å². The number of benzene rings is 1. The molecule has 3 amide bonds. The highest BCUT2D eigenvalue weighted by atomic mass is 79.9. The number of rotatable bonds is 1. The molecule has 1 aromatic carbocycles. The Bertz CT molecular complexity index is 619. The van der Waals surface area contributed by atoms with Gasteiger partial charge in [0.2, 0.25) is 5.91 Å². The Morgan fingerprint density at radius 3 is 2.36 bits per heavy atom. The second-order valence-corrected chi connectivity index (χ2v) is 6.78. The molecule has 0 saturated carbocycles. The first-order valence-electron chi connectivity index (χ1n) is 7.49. The summed E-state index contributed by atoms with van der Waals surface area (Å²) in [4.78, 5) is 32.1. The monoisotopic (exact) mass is 363 g/mol. The Balaban J connectivity index is 1.79. The summed E-state index contributed by atoms with van der Waals surface area (Å²) in [5, 5.41) is 0. The Kier molecular flexibility index (Phi) is 4.29. The molecule has 1 saturated heterocycles. The molecular weight excluding hydrogens is 346 g/mol. The zero-order chi connectivity index (χ0) is 15.7. The van der Waals surface area contributed by atoms with E-state index in [9.17, 15) is 9.59 Å². The normalized spacial score (nSPS) is 20.4. The fourth-order valence-electron chi connectivity index (χ4n) is 2.81. The van der Waals surface area contributed by atoms with Crippen molar-refractivity contribution in [3.8, 4) is 0 Å². The first kappa shape index (κ1) is 15.2. The molecule has 2 heterocycles. The van der Waals surface area contributed by atoms with Gasteiger partial charge in [0.15, 0.2) is 0 Å². The lowest BCUT2D eigenvalue weighted by Gasteiger charge is -2.35. The van der Waals surface area contributed by atoms with Crippen molar-refractivity contribution in [3.05, 3.63) is 28.7 Å². The Hall–Kier alpha value is -1.69. The van der Waals surface area contributed by atoms with Crippen molar-refractivity contribution in [3.63, 3.8) is 0 Å². The first-order chi connectivity index (χ1) is 10.5. The number of amides is 3. The van der Waals surface area contributed by atoms with Gasteiger partial charge >= 0.3 is 6.03 Å². The minimum Gasteiger partial charge on any atom is -0.359 e. The van der Waals surface area contributed by atoms with E-state index in [4.69, 9.17) is 0 Å². The molecule has 0 bridgehead atoms. The topological polar surface area (TPSA) is 53.0 Å². The van der Waals surface area contributed by atoms with Crippen LogP contribution in [0.2, 0.25) is 0 Å². The van der Waals surface area contributed by atoms with E-state index < -0.39 is 6.03 Å². The van der Waals surface area contributed by atoms with Crippen LogP contribution in [-0.2, 0) is 4.79 Å². The fourth-order valence-corrected chi connectivity index (χ4v) is 3.08. The Labute approximate surface area is 138 Å². The van der Waals surface area contributed by atoms with Crippen LogP contribution < -0.4 is 4.90 Å². The lowest BCUT2D eigenvalue weighted by Crippen LogP contribution is -2.47. The molecule has 6 heteroatoms. The summed E-state index contributed by atoms with van der Waals surface area (Å²) in [5.74, 6) is 1.11. The smallest absolute Gasteiger partial charge is 0.356 e. The Morgan fingerprint density at radius 1 is 1.14 bits per heavy atom. The van der Waals surface area contributed by atoms with Crippen molar-refractivity contribution in [1.29, 1.82) is 0 Å². The van der Waals surface area contributed by atoms with Gasteiger partial charge in [-0.1, -0.05) is 22.9 Å². The molecule has 1 aromatic rings. The second-order valence-electron chi connectivity index (χ2n) is 5.86. The van der Waals surface area contributed by atoms with Gasteiger partial charge in [-0.15, -0.1) is 0 Å². The van der Waals surface area contributed by atoms with Crippen LogP contribution in [0.1, 0.15) is 26.2 Å². The van der Waals surface area contributed by atoms with Gasteiger partial charge in [-0.25, -0.2) is 9.69 Å². The molecule has 116 valence electrons.